The van der Waals surface area contributed by atoms with Crippen LogP contribution in [0.5, 0.6) is 0 Å². The van der Waals surface area contributed by atoms with Crippen molar-refractivity contribution in [3.8, 4) is 0 Å². The van der Waals surface area contributed by atoms with Gasteiger partial charge in [0.25, 0.3) is 0 Å². The first-order chi connectivity index (χ1) is 7.00. The predicted molar refractivity (Wildman–Crippen MR) is 61.2 cm³/mol. The average Bonchev–Trinajstić information content (AvgIpc) is 2.18. The van der Waals surface area contributed by atoms with Crippen LogP contribution >= 0.6 is 0 Å². The van der Waals surface area contributed by atoms with Crippen molar-refractivity contribution in [3.63, 3.8) is 0 Å². The monoisotopic (exact) mass is 213 g/mol. The Hall–Kier alpha value is -0.610. The van der Waals surface area contributed by atoms with E-state index in [9.17, 15) is 4.79 Å². The maximum atomic E-state index is 10.9. The lowest BCUT2D eigenvalue weighted by atomic mass is 9.90. The summed E-state index contributed by atoms with van der Waals surface area (Å²) in [4.78, 5) is 13.2. The third kappa shape index (κ3) is 3.80. The van der Waals surface area contributed by atoms with Gasteiger partial charge < -0.3 is 16.4 Å². The number of piperidine rings is 1. The van der Waals surface area contributed by atoms with Crippen molar-refractivity contribution in [3.05, 3.63) is 0 Å². The second-order valence-electron chi connectivity index (χ2n) is 4.80. The van der Waals surface area contributed by atoms with Gasteiger partial charge in [-0.2, -0.15) is 0 Å². The quantitative estimate of drug-likeness (QED) is 0.699. The number of primary amides is 1. The molecule has 0 aromatic rings. The molecule has 15 heavy (non-hydrogen) atoms. The molecule has 1 aliphatic rings. The molecule has 1 heterocycles. The van der Waals surface area contributed by atoms with Crippen LogP contribution in [0.2, 0.25) is 0 Å². The molecule has 4 heteroatoms. The minimum absolute atomic E-state index is 0.0446. The van der Waals surface area contributed by atoms with Crippen molar-refractivity contribution in [1.82, 2.24) is 4.90 Å². The van der Waals surface area contributed by atoms with E-state index in [4.69, 9.17) is 11.5 Å². The lowest BCUT2D eigenvalue weighted by Crippen LogP contribution is -2.43. The highest BCUT2D eigenvalue weighted by atomic mass is 16.1. The summed E-state index contributed by atoms with van der Waals surface area (Å²) in [5.41, 5.74) is 11.1. The lowest BCUT2D eigenvalue weighted by Gasteiger charge is -2.34. The standard InChI is InChI=1S/C11H23N3O/c1-8(11(13)15)7-14-5-3-10(4-6-14)9(2)12/h8-10H,3-7,12H2,1-2H3,(H2,13,15). The normalized spacial score (nSPS) is 23.7. The molecule has 4 nitrogen and oxygen atoms in total. The second kappa shape index (κ2) is 5.47. The summed E-state index contributed by atoms with van der Waals surface area (Å²) >= 11 is 0. The molecule has 1 saturated heterocycles. The molecule has 0 bridgehead atoms. The number of rotatable bonds is 4. The predicted octanol–water partition coefficient (Wildman–Crippen LogP) is 0.167. The molecule has 1 aliphatic heterocycles. The number of carbonyl (C=O) groups is 1. The number of amides is 1. The summed E-state index contributed by atoms with van der Waals surface area (Å²) in [6.45, 7) is 6.85. The largest absolute Gasteiger partial charge is 0.369 e. The Labute approximate surface area is 92.0 Å². The molecular formula is C11H23N3O. The van der Waals surface area contributed by atoms with E-state index in [0.29, 0.717) is 12.0 Å². The fraction of sp³-hybridized carbons (Fsp3) is 0.909. The maximum Gasteiger partial charge on any atom is 0.221 e. The molecule has 0 saturated carbocycles. The van der Waals surface area contributed by atoms with Gasteiger partial charge in [0.1, 0.15) is 0 Å². The van der Waals surface area contributed by atoms with Gasteiger partial charge in [-0.3, -0.25) is 4.79 Å². The van der Waals surface area contributed by atoms with Crippen LogP contribution in [0.15, 0.2) is 0 Å². The van der Waals surface area contributed by atoms with E-state index in [2.05, 4.69) is 11.8 Å². The van der Waals surface area contributed by atoms with Gasteiger partial charge in [-0.15, -0.1) is 0 Å². The second-order valence-corrected chi connectivity index (χ2v) is 4.80. The smallest absolute Gasteiger partial charge is 0.221 e. The molecule has 0 spiro atoms. The fourth-order valence-corrected chi connectivity index (χ4v) is 2.14. The van der Waals surface area contributed by atoms with Gasteiger partial charge in [0.2, 0.25) is 5.91 Å². The molecule has 2 atom stereocenters. The summed E-state index contributed by atoms with van der Waals surface area (Å²) in [5, 5.41) is 0. The maximum absolute atomic E-state index is 10.9. The number of hydrogen-bond donors (Lipinski definition) is 2. The molecule has 1 rings (SSSR count). The topological polar surface area (TPSA) is 72.3 Å². The molecule has 1 amide bonds. The van der Waals surface area contributed by atoms with Gasteiger partial charge >= 0.3 is 0 Å². The Kier molecular flexibility index (Phi) is 4.54. The zero-order valence-corrected chi connectivity index (χ0v) is 9.78. The summed E-state index contributed by atoms with van der Waals surface area (Å²) < 4.78 is 0. The first-order valence-electron chi connectivity index (χ1n) is 5.78. The third-order valence-electron chi connectivity index (χ3n) is 3.39. The highest BCUT2D eigenvalue weighted by Crippen LogP contribution is 2.20. The molecule has 2 unspecified atom stereocenters. The molecule has 0 aromatic heterocycles. The van der Waals surface area contributed by atoms with E-state index in [0.717, 1.165) is 32.5 Å². The van der Waals surface area contributed by atoms with Crippen LogP contribution < -0.4 is 11.5 Å². The van der Waals surface area contributed by atoms with Gasteiger partial charge in [0, 0.05) is 18.5 Å². The van der Waals surface area contributed by atoms with E-state index >= 15 is 0 Å². The average molecular weight is 213 g/mol. The van der Waals surface area contributed by atoms with Gasteiger partial charge in [-0.25, -0.2) is 0 Å². The van der Waals surface area contributed by atoms with Crippen molar-refractivity contribution >= 4 is 5.91 Å². The van der Waals surface area contributed by atoms with Crippen LogP contribution in [0, 0.1) is 11.8 Å². The summed E-state index contributed by atoms with van der Waals surface area (Å²) in [5.74, 6) is 0.395. The van der Waals surface area contributed by atoms with Crippen LogP contribution in [-0.2, 0) is 4.79 Å². The first kappa shape index (κ1) is 12.5. The van der Waals surface area contributed by atoms with E-state index in [-0.39, 0.29) is 11.8 Å². The van der Waals surface area contributed by atoms with Crippen LogP contribution in [0.25, 0.3) is 0 Å². The summed E-state index contributed by atoms with van der Waals surface area (Å²) in [7, 11) is 0. The molecule has 0 aliphatic carbocycles. The molecule has 1 fully saturated rings. The number of carbonyl (C=O) groups excluding carboxylic acids is 1. The highest BCUT2D eigenvalue weighted by molar-refractivity contribution is 5.76. The Morgan fingerprint density at radius 2 is 1.93 bits per heavy atom. The number of nitrogens with zero attached hydrogens (tertiary/aromatic N) is 1. The first-order valence-corrected chi connectivity index (χ1v) is 5.78. The van der Waals surface area contributed by atoms with Crippen molar-refractivity contribution < 1.29 is 4.79 Å². The van der Waals surface area contributed by atoms with E-state index < -0.39 is 0 Å². The lowest BCUT2D eigenvalue weighted by molar-refractivity contribution is -0.122. The fourth-order valence-electron chi connectivity index (χ4n) is 2.14. The van der Waals surface area contributed by atoms with E-state index in [1.807, 2.05) is 6.92 Å². The Balaban J connectivity index is 2.28. The van der Waals surface area contributed by atoms with Crippen LogP contribution in [0.3, 0.4) is 0 Å². The Morgan fingerprint density at radius 1 is 1.40 bits per heavy atom. The van der Waals surface area contributed by atoms with Gasteiger partial charge in [-0.1, -0.05) is 6.92 Å². The number of likely N-dealkylation sites (tertiary alicyclic amines) is 1. The molecule has 4 N–H and O–H groups in total. The minimum Gasteiger partial charge on any atom is -0.369 e. The van der Waals surface area contributed by atoms with Crippen molar-refractivity contribution in [2.75, 3.05) is 19.6 Å². The van der Waals surface area contributed by atoms with Gasteiger partial charge in [0.05, 0.1) is 0 Å². The summed E-state index contributed by atoms with van der Waals surface area (Å²) in [6, 6.07) is 0.292. The minimum atomic E-state index is -0.204. The van der Waals surface area contributed by atoms with Gasteiger partial charge in [-0.05, 0) is 38.8 Å². The molecular weight excluding hydrogens is 190 g/mol. The molecule has 0 aromatic carbocycles. The zero-order valence-electron chi connectivity index (χ0n) is 9.78. The van der Waals surface area contributed by atoms with E-state index in [1.54, 1.807) is 0 Å². The number of nitrogens with two attached hydrogens (primary N) is 2. The van der Waals surface area contributed by atoms with Crippen molar-refractivity contribution in [2.24, 2.45) is 23.3 Å². The van der Waals surface area contributed by atoms with Crippen molar-refractivity contribution in [1.29, 1.82) is 0 Å². The molecule has 88 valence electrons. The van der Waals surface area contributed by atoms with Crippen LogP contribution in [0.1, 0.15) is 26.7 Å². The Morgan fingerprint density at radius 3 is 2.33 bits per heavy atom. The highest BCUT2D eigenvalue weighted by Gasteiger charge is 2.23. The third-order valence-corrected chi connectivity index (χ3v) is 3.39. The SMILES string of the molecule is CC(CN1CCC(C(C)N)CC1)C(N)=O. The number of hydrogen-bond acceptors (Lipinski definition) is 3. The van der Waals surface area contributed by atoms with Crippen LogP contribution in [-0.4, -0.2) is 36.5 Å². The van der Waals surface area contributed by atoms with Crippen molar-refractivity contribution in [2.45, 2.75) is 32.7 Å². The van der Waals surface area contributed by atoms with Gasteiger partial charge in [0.15, 0.2) is 0 Å². The van der Waals surface area contributed by atoms with E-state index in [1.165, 1.54) is 0 Å². The molecule has 0 radical (unpaired) electrons. The zero-order chi connectivity index (χ0) is 11.4. The van der Waals surface area contributed by atoms with Crippen LogP contribution in [0.4, 0.5) is 0 Å². The summed E-state index contributed by atoms with van der Waals surface area (Å²) in [6.07, 6.45) is 2.28. The Bertz CT molecular complexity index is 210.